The minimum Gasteiger partial charge on any atom is -0.445 e. The fraction of sp³-hybridized carbons (Fsp3) is 0.320. The molecular weight excluding hydrogens is 498 g/mol. The van der Waals surface area contributed by atoms with Crippen molar-refractivity contribution >= 4 is 41.5 Å². The summed E-state index contributed by atoms with van der Waals surface area (Å²) < 4.78 is 5.69. The quantitative estimate of drug-likeness (QED) is 0.327. The van der Waals surface area contributed by atoms with Gasteiger partial charge in [-0.3, -0.25) is 9.59 Å². The SMILES string of the molecule is CC(C)CC(NC(=O)C(Cc1ccccc1)NC(=O)OCc1ccccc1)C(=O)Nn1ncsc1=S. The summed E-state index contributed by atoms with van der Waals surface area (Å²) >= 11 is 6.35. The summed E-state index contributed by atoms with van der Waals surface area (Å²) in [5, 5.41) is 9.42. The molecule has 0 saturated carbocycles. The summed E-state index contributed by atoms with van der Waals surface area (Å²) in [5.74, 6) is -0.844. The van der Waals surface area contributed by atoms with Crippen molar-refractivity contribution in [3.63, 3.8) is 0 Å². The molecule has 0 spiro atoms. The lowest BCUT2D eigenvalue weighted by Gasteiger charge is -2.24. The number of alkyl carbamates (subject to hydrolysis) is 1. The summed E-state index contributed by atoms with van der Waals surface area (Å²) in [4.78, 5) is 40.0. The minimum absolute atomic E-state index is 0.0685. The molecule has 0 aliphatic rings. The van der Waals surface area contributed by atoms with Crippen molar-refractivity contribution in [2.45, 2.75) is 45.4 Å². The van der Waals surface area contributed by atoms with Crippen LogP contribution < -0.4 is 16.1 Å². The molecule has 0 fully saturated rings. The number of nitrogens with zero attached hydrogens (tertiary/aromatic N) is 2. The molecule has 2 aromatic carbocycles. The number of carbonyl (C=O) groups excluding carboxylic acids is 3. The Hall–Kier alpha value is -3.57. The van der Waals surface area contributed by atoms with Crippen molar-refractivity contribution in [1.29, 1.82) is 0 Å². The number of hydrogen-bond donors (Lipinski definition) is 3. The molecule has 2 unspecified atom stereocenters. The maximum absolute atomic E-state index is 13.3. The number of benzene rings is 2. The van der Waals surface area contributed by atoms with Crippen LogP contribution in [-0.2, 0) is 27.4 Å². The first-order valence-corrected chi connectivity index (χ1v) is 12.8. The second kappa shape index (κ2) is 13.5. The topological polar surface area (TPSA) is 114 Å². The maximum atomic E-state index is 13.3. The Bertz CT molecular complexity index is 1200. The van der Waals surface area contributed by atoms with Gasteiger partial charge in [0.15, 0.2) is 0 Å². The summed E-state index contributed by atoms with van der Waals surface area (Å²) in [5.41, 5.74) is 5.80. The first kappa shape index (κ1) is 27.0. The molecule has 3 rings (SSSR count). The lowest BCUT2D eigenvalue weighted by molar-refractivity contribution is -0.128. The van der Waals surface area contributed by atoms with Crippen LogP contribution in [0.15, 0.2) is 66.2 Å². The Morgan fingerprint density at radius 3 is 2.17 bits per heavy atom. The van der Waals surface area contributed by atoms with Crippen LogP contribution >= 0.6 is 23.6 Å². The highest BCUT2D eigenvalue weighted by atomic mass is 32.1. The molecular formula is C25H29N5O4S2. The highest BCUT2D eigenvalue weighted by molar-refractivity contribution is 7.73. The van der Waals surface area contributed by atoms with E-state index in [2.05, 4.69) is 21.2 Å². The van der Waals surface area contributed by atoms with Crippen LogP contribution in [0.5, 0.6) is 0 Å². The fourth-order valence-electron chi connectivity index (χ4n) is 3.41. The molecule has 0 bridgehead atoms. The van der Waals surface area contributed by atoms with Gasteiger partial charge in [0, 0.05) is 6.42 Å². The van der Waals surface area contributed by atoms with Crippen molar-refractivity contribution in [3.8, 4) is 0 Å². The van der Waals surface area contributed by atoms with Crippen LogP contribution in [0.2, 0.25) is 0 Å². The number of ether oxygens (including phenoxy) is 1. The van der Waals surface area contributed by atoms with Gasteiger partial charge in [-0.2, -0.15) is 0 Å². The largest absolute Gasteiger partial charge is 0.445 e. The highest BCUT2D eigenvalue weighted by Crippen LogP contribution is 2.09. The van der Waals surface area contributed by atoms with Crippen LogP contribution in [-0.4, -0.2) is 39.9 Å². The van der Waals surface area contributed by atoms with Crippen LogP contribution in [0.1, 0.15) is 31.4 Å². The van der Waals surface area contributed by atoms with E-state index in [9.17, 15) is 14.4 Å². The number of hydrogen-bond acceptors (Lipinski definition) is 7. The van der Waals surface area contributed by atoms with E-state index in [1.54, 1.807) is 0 Å². The first-order chi connectivity index (χ1) is 17.3. The molecule has 0 aliphatic carbocycles. The summed E-state index contributed by atoms with van der Waals surface area (Å²) in [6.07, 6.45) is -0.125. The summed E-state index contributed by atoms with van der Waals surface area (Å²) in [6.45, 7) is 3.96. The smallest absolute Gasteiger partial charge is 0.408 e. The van der Waals surface area contributed by atoms with Crippen LogP contribution in [0.3, 0.4) is 0 Å². The zero-order valence-electron chi connectivity index (χ0n) is 20.0. The average Bonchev–Trinajstić information content (AvgIpc) is 3.27. The van der Waals surface area contributed by atoms with E-state index in [1.807, 2.05) is 74.5 Å². The van der Waals surface area contributed by atoms with Gasteiger partial charge in [0.25, 0.3) is 5.91 Å². The van der Waals surface area contributed by atoms with Crippen LogP contribution in [0.4, 0.5) is 4.79 Å². The highest BCUT2D eigenvalue weighted by Gasteiger charge is 2.28. The molecule has 190 valence electrons. The molecule has 0 radical (unpaired) electrons. The van der Waals surface area contributed by atoms with E-state index < -0.39 is 30.0 Å². The molecule has 36 heavy (non-hydrogen) atoms. The van der Waals surface area contributed by atoms with E-state index in [0.717, 1.165) is 11.1 Å². The first-order valence-electron chi connectivity index (χ1n) is 11.5. The Morgan fingerprint density at radius 1 is 0.944 bits per heavy atom. The predicted molar refractivity (Wildman–Crippen MR) is 140 cm³/mol. The number of rotatable bonds is 11. The van der Waals surface area contributed by atoms with E-state index in [0.29, 0.717) is 10.4 Å². The number of amides is 3. The Balaban J connectivity index is 1.71. The molecule has 3 amide bonds. The van der Waals surface area contributed by atoms with Crippen LogP contribution in [0, 0.1) is 9.87 Å². The van der Waals surface area contributed by atoms with Crippen molar-refractivity contribution in [3.05, 3.63) is 81.3 Å². The number of carbonyl (C=O) groups is 3. The van der Waals surface area contributed by atoms with Gasteiger partial charge in [0.1, 0.15) is 24.2 Å². The average molecular weight is 528 g/mol. The number of aromatic nitrogens is 2. The molecule has 2 atom stereocenters. The fourth-order valence-corrected chi connectivity index (χ4v) is 4.06. The molecule has 0 saturated heterocycles. The van der Waals surface area contributed by atoms with E-state index in [-0.39, 0.29) is 18.9 Å². The van der Waals surface area contributed by atoms with Gasteiger partial charge in [-0.25, -0.2) is 10.2 Å². The van der Waals surface area contributed by atoms with Crippen LogP contribution in [0.25, 0.3) is 0 Å². The predicted octanol–water partition coefficient (Wildman–Crippen LogP) is 3.81. The standard InChI is InChI=1S/C25H29N5O4S2/c1-17(2)13-20(23(32)29-30-25(35)36-16-26-30)27-22(31)21(14-18-9-5-3-6-10-18)28-24(33)34-15-19-11-7-4-8-12-19/h3-12,16-17,20-21H,13-15H2,1-2H3,(H,27,31)(H,28,33)(H,29,32). The van der Waals surface area contributed by atoms with Gasteiger partial charge >= 0.3 is 6.09 Å². The van der Waals surface area contributed by atoms with E-state index in [1.165, 1.54) is 21.6 Å². The van der Waals surface area contributed by atoms with E-state index in [4.69, 9.17) is 17.0 Å². The Labute approximate surface area is 218 Å². The van der Waals surface area contributed by atoms with Gasteiger partial charge in [-0.15, -0.1) is 9.89 Å². The van der Waals surface area contributed by atoms with Gasteiger partial charge in [0.2, 0.25) is 9.86 Å². The van der Waals surface area contributed by atoms with Gasteiger partial charge in [0.05, 0.1) is 0 Å². The molecule has 1 heterocycles. The molecule has 3 aromatic rings. The molecule has 9 nitrogen and oxygen atoms in total. The lowest BCUT2D eigenvalue weighted by Crippen LogP contribution is -2.54. The van der Waals surface area contributed by atoms with Gasteiger partial charge < -0.3 is 15.4 Å². The zero-order chi connectivity index (χ0) is 25.9. The normalized spacial score (nSPS) is 12.4. The maximum Gasteiger partial charge on any atom is 0.408 e. The minimum atomic E-state index is -0.959. The second-order valence-electron chi connectivity index (χ2n) is 8.53. The second-order valence-corrected chi connectivity index (χ2v) is 10.0. The molecule has 3 N–H and O–H groups in total. The molecule has 0 aliphatic heterocycles. The van der Waals surface area contributed by atoms with Crippen molar-refractivity contribution in [1.82, 2.24) is 20.5 Å². The lowest BCUT2D eigenvalue weighted by atomic mass is 10.0. The summed E-state index contributed by atoms with van der Waals surface area (Å²) in [6, 6.07) is 16.7. The van der Waals surface area contributed by atoms with Gasteiger partial charge in [-0.05, 0) is 35.7 Å². The third-order valence-corrected chi connectivity index (χ3v) is 6.19. The molecule has 11 heteroatoms. The third-order valence-electron chi connectivity index (χ3n) is 5.15. The van der Waals surface area contributed by atoms with Crippen molar-refractivity contribution < 1.29 is 19.1 Å². The van der Waals surface area contributed by atoms with Gasteiger partial charge in [-0.1, -0.05) is 85.8 Å². The zero-order valence-corrected chi connectivity index (χ0v) is 21.7. The third kappa shape index (κ3) is 8.58. The Morgan fingerprint density at radius 2 is 1.58 bits per heavy atom. The van der Waals surface area contributed by atoms with Crippen molar-refractivity contribution in [2.75, 3.05) is 5.43 Å². The van der Waals surface area contributed by atoms with E-state index >= 15 is 0 Å². The monoisotopic (exact) mass is 527 g/mol. The summed E-state index contributed by atoms with van der Waals surface area (Å²) in [7, 11) is 0. The Kier molecular flexibility index (Phi) is 10.1. The number of nitrogens with one attached hydrogen (secondary N) is 3. The van der Waals surface area contributed by atoms with Crippen molar-refractivity contribution in [2.24, 2.45) is 5.92 Å². The molecule has 1 aromatic heterocycles.